The fourth-order valence-corrected chi connectivity index (χ4v) is 3.01. The molecule has 114 valence electrons. The predicted molar refractivity (Wildman–Crippen MR) is 99.3 cm³/mol. The second-order valence-electron chi connectivity index (χ2n) is 4.16. The molecular weight excluding hydrogens is 430 g/mol. The maximum Gasteiger partial charge on any atom is 0.258 e. The maximum atomic E-state index is 12.1. The van der Waals surface area contributed by atoms with Gasteiger partial charge in [0.1, 0.15) is 0 Å². The first-order chi connectivity index (χ1) is 10.4. The van der Waals surface area contributed by atoms with Crippen LogP contribution >= 0.6 is 63.0 Å². The second-order valence-corrected chi connectivity index (χ2v) is 6.73. The molecule has 2 N–H and O–H groups in total. The van der Waals surface area contributed by atoms with E-state index in [0.29, 0.717) is 15.7 Å². The van der Waals surface area contributed by atoms with Crippen molar-refractivity contribution in [3.8, 4) is 0 Å². The number of rotatable bonds is 2. The SMILES string of the molecule is O=C(NC(=S)Nc1ccc(Br)cc1Cl)c1ccc(Cl)cc1Cl. The van der Waals surface area contributed by atoms with Crippen LogP contribution in [-0.2, 0) is 0 Å². The molecule has 0 atom stereocenters. The molecule has 0 aliphatic rings. The summed E-state index contributed by atoms with van der Waals surface area (Å²) >= 11 is 26.2. The highest BCUT2D eigenvalue weighted by molar-refractivity contribution is 9.10. The normalized spacial score (nSPS) is 10.2. The van der Waals surface area contributed by atoms with Crippen molar-refractivity contribution < 1.29 is 4.79 Å². The summed E-state index contributed by atoms with van der Waals surface area (Å²) < 4.78 is 0.839. The highest BCUT2D eigenvalue weighted by atomic mass is 79.9. The smallest absolute Gasteiger partial charge is 0.258 e. The number of carbonyl (C=O) groups excluding carboxylic acids is 1. The molecule has 0 unspecified atom stereocenters. The van der Waals surface area contributed by atoms with E-state index in [1.807, 2.05) is 0 Å². The third kappa shape index (κ3) is 4.57. The van der Waals surface area contributed by atoms with Crippen molar-refractivity contribution in [3.05, 3.63) is 61.5 Å². The van der Waals surface area contributed by atoms with Gasteiger partial charge in [-0.25, -0.2) is 0 Å². The van der Waals surface area contributed by atoms with Crippen molar-refractivity contribution in [1.29, 1.82) is 0 Å². The maximum absolute atomic E-state index is 12.1. The van der Waals surface area contributed by atoms with Crippen LogP contribution in [0.1, 0.15) is 10.4 Å². The van der Waals surface area contributed by atoms with Gasteiger partial charge in [0, 0.05) is 9.50 Å². The molecule has 0 aliphatic heterocycles. The monoisotopic (exact) mass is 436 g/mol. The van der Waals surface area contributed by atoms with Gasteiger partial charge < -0.3 is 5.32 Å². The molecule has 0 radical (unpaired) electrons. The predicted octanol–water partition coefficient (Wildman–Crippen LogP) is 5.54. The lowest BCUT2D eigenvalue weighted by molar-refractivity contribution is 0.0978. The van der Waals surface area contributed by atoms with Gasteiger partial charge in [0.05, 0.1) is 21.3 Å². The van der Waals surface area contributed by atoms with Crippen LogP contribution in [0.2, 0.25) is 15.1 Å². The fourth-order valence-electron chi connectivity index (χ4n) is 1.59. The van der Waals surface area contributed by atoms with Gasteiger partial charge in [-0.05, 0) is 48.6 Å². The molecule has 2 aromatic rings. The Morgan fingerprint density at radius 3 is 2.41 bits per heavy atom. The Labute approximate surface area is 156 Å². The van der Waals surface area contributed by atoms with E-state index in [4.69, 9.17) is 47.0 Å². The minimum Gasteiger partial charge on any atom is -0.331 e. The number of anilines is 1. The molecule has 0 aliphatic carbocycles. The minimum absolute atomic E-state index is 0.111. The quantitative estimate of drug-likeness (QED) is 0.605. The summed E-state index contributed by atoms with van der Waals surface area (Å²) in [6.45, 7) is 0. The summed E-state index contributed by atoms with van der Waals surface area (Å²) in [4.78, 5) is 12.1. The van der Waals surface area contributed by atoms with E-state index in [1.54, 1.807) is 24.3 Å². The first-order valence-electron chi connectivity index (χ1n) is 5.89. The Hall–Kier alpha value is -0.850. The average Bonchev–Trinajstić information content (AvgIpc) is 2.41. The number of hydrogen-bond donors (Lipinski definition) is 2. The van der Waals surface area contributed by atoms with Gasteiger partial charge in [-0.2, -0.15) is 0 Å². The number of hydrogen-bond acceptors (Lipinski definition) is 2. The molecule has 2 rings (SSSR count). The molecule has 0 heterocycles. The number of nitrogens with one attached hydrogen (secondary N) is 2. The van der Waals surface area contributed by atoms with Crippen molar-refractivity contribution in [1.82, 2.24) is 5.32 Å². The van der Waals surface area contributed by atoms with Gasteiger partial charge in [-0.1, -0.05) is 50.7 Å². The Morgan fingerprint density at radius 2 is 1.77 bits per heavy atom. The fraction of sp³-hybridized carbons (Fsp3) is 0. The third-order valence-electron chi connectivity index (χ3n) is 2.58. The minimum atomic E-state index is -0.438. The van der Waals surface area contributed by atoms with E-state index in [9.17, 15) is 4.79 Å². The molecule has 0 saturated carbocycles. The van der Waals surface area contributed by atoms with Gasteiger partial charge in [0.2, 0.25) is 0 Å². The average molecular weight is 439 g/mol. The van der Waals surface area contributed by atoms with Crippen molar-refractivity contribution in [2.45, 2.75) is 0 Å². The van der Waals surface area contributed by atoms with E-state index in [-0.39, 0.29) is 15.7 Å². The summed E-state index contributed by atoms with van der Waals surface area (Å²) in [6.07, 6.45) is 0. The van der Waals surface area contributed by atoms with Crippen LogP contribution in [0.25, 0.3) is 0 Å². The molecule has 0 bridgehead atoms. The number of thiocarbonyl (C=S) groups is 1. The zero-order valence-electron chi connectivity index (χ0n) is 10.8. The van der Waals surface area contributed by atoms with Crippen LogP contribution in [0.15, 0.2) is 40.9 Å². The Balaban J connectivity index is 2.06. The number of amides is 1. The highest BCUT2D eigenvalue weighted by Crippen LogP contribution is 2.25. The standard InChI is InChI=1S/C14H8BrCl3N2OS/c15-7-1-4-12(11(18)5-7)19-14(22)20-13(21)9-3-2-8(16)6-10(9)17/h1-6H,(H2,19,20,21,22). The van der Waals surface area contributed by atoms with Gasteiger partial charge in [0.15, 0.2) is 5.11 Å². The third-order valence-corrected chi connectivity index (χ3v) is 4.14. The van der Waals surface area contributed by atoms with Crippen LogP contribution in [0.3, 0.4) is 0 Å². The van der Waals surface area contributed by atoms with Crippen LogP contribution < -0.4 is 10.6 Å². The molecule has 8 heteroatoms. The van der Waals surface area contributed by atoms with Crippen LogP contribution in [0.4, 0.5) is 5.69 Å². The van der Waals surface area contributed by atoms with Crippen molar-refractivity contribution >= 4 is 79.7 Å². The Morgan fingerprint density at radius 1 is 1.05 bits per heavy atom. The molecule has 0 fully saturated rings. The molecule has 1 amide bonds. The molecule has 3 nitrogen and oxygen atoms in total. The molecule has 0 saturated heterocycles. The largest absolute Gasteiger partial charge is 0.331 e. The van der Waals surface area contributed by atoms with Gasteiger partial charge in [-0.15, -0.1) is 0 Å². The Kier molecular flexibility index (Phi) is 6.06. The summed E-state index contributed by atoms with van der Waals surface area (Å²) in [5.41, 5.74) is 0.856. The van der Waals surface area contributed by atoms with E-state index in [2.05, 4.69) is 26.6 Å². The Bertz CT molecular complexity index is 755. The molecule has 0 aromatic heterocycles. The van der Waals surface area contributed by atoms with Crippen LogP contribution in [-0.4, -0.2) is 11.0 Å². The molecule has 0 spiro atoms. The zero-order chi connectivity index (χ0) is 16.3. The summed E-state index contributed by atoms with van der Waals surface area (Å²) in [7, 11) is 0. The second kappa shape index (κ2) is 7.62. The number of benzene rings is 2. The molecule has 2 aromatic carbocycles. The van der Waals surface area contributed by atoms with Crippen LogP contribution in [0.5, 0.6) is 0 Å². The lowest BCUT2D eigenvalue weighted by Gasteiger charge is -2.11. The van der Waals surface area contributed by atoms with Crippen molar-refractivity contribution in [2.75, 3.05) is 5.32 Å². The highest BCUT2D eigenvalue weighted by Gasteiger charge is 2.13. The number of halogens is 4. The lowest BCUT2D eigenvalue weighted by atomic mass is 10.2. The first-order valence-corrected chi connectivity index (χ1v) is 8.23. The lowest BCUT2D eigenvalue weighted by Crippen LogP contribution is -2.34. The van der Waals surface area contributed by atoms with Gasteiger partial charge >= 0.3 is 0 Å². The van der Waals surface area contributed by atoms with Crippen molar-refractivity contribution in [2.24, 2.45) is 0 Å². The summed E-state index contributed by atoms with van der Waals surface area (Å²) in [6, 6.07) is 9.83. The molecular formula is C14H8BrCl3N2OS. The molecule has 22 heavy (non-hydrogen) atoms. The van der Waals surface area contributed by atoms with E-state index in [1.165, 1.54) is 12.1 Å². The summed E-state index contributed by atoms with van der Waals surface area (Å²) in [5.74, 6) is -0.438. The summed E-state index contributed by atoms with van der Waals surface area (Å²) in [5, 5.41) is 6.65. The topological polar surface area (TPSA) is 41.1 Å². The number of carbonyl (C=O) groups is 1. The van der Waals surface area contributed by atoms with Gasteiger partial charge in [-0.3, -0.25) is 10.1 Å². The zero-order valence-corrected chi connectivity index (χ0v) is 15.5. The first kappa shape index (κ1) is 17.5. The van der Waals surface area contributed by atoms with Crippen molar-refractivity contribution in [3.63, 3.8) is 0 Å². The van der Waals surface area contributed by atoms with Gasteiger partial charge in [0.25, 0.3) is 5.91 Å². The van der Waals surface area contributed by atoms with Crippen LogP contribution in [0, 0.1) is 0 Å². The van der Waals surface area contributed by atoms with E-state index >= 15 is 0 Å². The van der Waals surface area contributed by atoms with E-state index in [0.717, 1.165) is 4.47 Å². The van der Waals surface area contributed by atoms with E-state index < -0.39 is 5.91 Å².